The molecule has 2 rings (SSSR count). The van der Waals surface area contributed by atoms with Crippen molar-refractivity contribution in [3.8, 4) is 5.75 Å². The normalized spacial score (nSPS) is 12.8. The van der Waals surface area contributed by atoms with E-state index in [1.807, 2.05) is 30.3 Å². The van der Waals surface area contributed by atoms with Crippen LogP contribution in [0, 0.1) is 5.92 Å². The fourth-order valence-electron chi connectivity index (χ4n) is 2.16. The second kappa shape index (κ2) is 8.13. The molecule has 0 aromatic heterocycles. The monoisotopic (exact) mass is 363 g/mol. The molecular weight excluding hydrogens is 342 g/mol. The van der Waals surface area contributed by atoms with Gasteiger partial charge in [-0.2, -0.15) is 4.72 Å². The number of sulfonamides is 1. The van der Waals surface area contributed by atoms with E-state index in [1.54, 1.807) is 26.0 Å². The first-order chi connectivity index (χ1) is 11.8. The lowest BCUT2D eigenvalue weighted by Crippen LogP contribution is -2.44. The third-order valence-corrected chi connectivity index (χ3v) is 5.05. The standard InChI is InChI=1S/C18H21NO5S/c1-13(2)17(18(20)21)19-25(22,23)16-10-8-15(9-11-16)24-12-14-6-4-3-5-7-14/h3-11,13,17,19H,12H2,1-2H3,(H,20,21)/t17-/m0/s1. The Hall–Kier alpha value is -2.38. The number of nitrogens with one attached hydrogen (secondary N) is 1. The van der Waals surface area contributed by atoms with Crippen molar-refractivity contribution in [2.45, 2.75) is 31.4 Å². The lowest BCUT2D eigenvalue weighted by Gasteiger charge is -2.18. The van der Waals surface area contributed by atoms with Crippen LogP contribution in [0.2, 0.25) is 0 Å². The van der Waals surface area contributed by atoms with Crippen LogP contribution in [0.3, 0.4) is 0 Å². The molecule has 0 spiro atoms. The number of ether oxygens (including phenoxy) is 1. The SMILES string of the molecule is CC(C)[C@H](NS(=O)(=O)c1ccc(OCc2ccccc2)cc1)C(=O)O. The number of aliphatic carboxylic acids is 1. The van der Waals surface area contributed by atoms with Gasteiger partial charge in [0.15, 0.2) is 0 Å². The molecule has 0 amide bonds. The Kier molecular flexibility index (Phi) is 6.17. The topological polar surface area (TPSA) is 92.7 Å². The summed E-state index contributed by atoms with van der Waals surface area (Å²) in [5.74, 6) is -1.05. The largest absolute Gasteiger partial charge is 0.489 e. The van der Waals surface area contributed by atoms with Crippen molar-refractivity contribution < 1.29 is 23.1 Å². The van der Waals surface area contributed by atoms with E-state index in [0.717, 1.165) is 5.56 Å². The molecule has 2 N–H and O–H groups in total. The predicted molar refractivity (Wildman–Crippen MR) is 93.8 cm³/mol. The summed E-state index contributed by atoms with van der Waals surface area (Å²) in [4.78, 5) is 11.2. The highest BCUT2D eigenvalue weighted by Crippen LogP contribution is 2.18. The van der Waals surface area contributed by atoms with E-state index in [9.17, 15) is 13.2 Å². The minimum Gasteiger partial charge on any atom is -0.489 e. The van der Waals surface area contributed by atoms with Gasteiger partial charge in [0, 0.05) is 0 Å². The Balaban J connectivity index is 2.06. The second-order valence-corrected chi connectivity index (χ2v) is 7.64. The molecule has 0 aliphatic rings. The third kappa shape index (κ3) is 5.30. The molecule has 2 aromatic rings. The summed E-state index contributed by atoms with van der Waals surface area (Å²) >= 11 is 0. The molecule has 0 heterocycles. The first kappa shape index (κ1) is 19.0. The maximum Gasteiger partial charge on any atom is 0.322 e. The van der Waals surface area contributed by atoms with Crippen molar-refractivity contribution >= 4 is 16.0 Å². The molecule has 0 radical (unpaired) electrons. The molecule has 2 aromatic carbocycles. The van der Waals surface area contributed by atoms with Gasteiger partial charge in [0.25, 0.3) is 0 Å². The Bertz CT molecular complexity index is 801. The summed E-state index contributed by atoms with van der Waals surface area (Å²) < 4.78 is 32.5. The minimum atomic E-state index is -3.92. The first-order valence-corrected chi connectivity index (χ1v) is 9.30. The fraction of sp³-hybridized carbons (Fsp3) is 0.278. The Labute approximate surface area is 147 Å². The summed E-state index contributed by atoms with van der Waals surface area (Å²) in [5.41, 5.74) is 1.00. The summed E-state index contributed by atoms with van der Waals surface area (Å²) in [7, 11) is -3.92. The smallest absolute Gasteiger partial charge is 0.322 e. The van der Waals surface area contributed by atoms with Crippen molar-refractivity contribution in [3.63, 3.8) is 0 Å². The summed E-state index contributed by atoms with van der Waals surface area (Å²) in [6.45, 7) is 3.66. The van der Waals surface area contributed by atoms with Crippen molar-refractivity contribution in [1.29, 1.82) is 0 Å². The van der Waals surface area contributed by atoms with E-state index >= 15 is 0 Å². The molecule has 0 bridgehead atoms. The molecule has 1 atom stereocenters. The molecule has 25 heavy (non-hydrogen) atoms. The zero-order valence-corrected chi connectivity index (χ0v) is 14.9. The summed E-state index contributed by atoms with van der Waals surface area (Å²) in [5, 5.41) is 9.13. The minimum absolute atomic E-state index is 0.00791. The number of hydrogen-bond acceptors (Lipinski definition) is 4. The molecular formula is C18H21NO5S. The molecule has 0 unspecified atom stereocenters. The van der Waals surface area contributed by atoms with Gasteiger partial charge in [-0.05, 0) is 35.7 Å². The summed E-state index contributed by atoms with van der Waals surface area (Å²) in [6.07, 6.45) is 0. The van der Waals surface area contributed by atoms with Gasteiger partial charge in [0.2, 0.25) is 10.0 Å². The number of hydrogen-bond donors (Lipinski definition) is 2. The van der Waals surface area contributed by atoms with Crippen LogP contribution in [0.5, 0.6) is 5.75 Å². The maximum atomic E-state index is 12.3. The van der Waals surface area contributed by atoms with Crippen LogP contribution in [0.4, 0.5) is 0 Å². The zero-order valence-electron chi connectivity index (χ0n) is 14.0. The maximum absolute atomic E-state index is 12.3. The van der Waals surface area contributed by atoms with Gasteiger partial charge in [0.05, 0.1) is 4.90 Å². The van der Waals surface area contributed by atoms with Crippen molar-refractivity contribution in [2.24, 2.45) is 5.92 Å². The van der Waals surface area contributed by atoms with E-state index in [-0.39, 0.29) is 10.8 Å². The Morgan fingerprint density at radius 3 is 2.20 bits per heavy atom. The Morgan fingerprint density at radius 2 is 1.68 bits per heavy atom. The molecule has 6 nitrogen and oxygen atoms in total. The highest BCUT2D eigenvalue weighted by atomic mass is 32.2. The number of benzene rings is 2. The average Bonchev–Trinajstić information content (AvgIpc) is 2.59. The first-order valence-electron chi connectivity index (χ1n) is 7.81. The van der Waals surface area contributed by atoms with E-state index in [1.165, 1.54) is 12.1 Å². The zero-order chi connectivity index (χ0) is 18.4. The molecule has 0 saturated heterocycles. The highest BCUT2D eigenvalue weighted by Gasteiger charge is 2.27. The molecule has 0 aliphatic heterocycles. The van der Waals surface area contributed by atoms with E-state index in [4.69, 9.17) is 9.84 Å². The van der Waals surface area contributed by atoms with Gasteiger partial charge in [-0.25, -0.2) is 8.42 Å². The molecule has 134 valence electrons. The predicted octanol–water partition coefficient (Wildman–Crippen LogP) is 2.65. The quantitative estimate of drug-likeness (QED) is 0.752. The van der Waals surface area contributed by atoms with Gasteiger partial charge >= 0.3 is 5.97 Å². The lowest BCUT2D eigenvalue weighted by molar-refractivity contribution is -0.140. The molecule has 0 saturated carbocycles. The van der Waals surface area contributed by atoms with Crippen LogP contribution in [0.25, 0.3) is 0 Å². The van der Waals surface area contributed by atoms with Crippen LogP contribution in [0.1, 0.15) is 19.4 Å². The van der Waals surface area contributed by atoms with Gasteiger partial charge in [0.1, 0.15) is 18.4 Å². The molecule has 0 fully saturated rings. The fourth-order valence-corrected chi connectivity index (χ4v) is 3.50. The van der Waals surface area contributed by atoms with Crippen molar-refractivity contribution in [3.05, 3.63) is 60.2 Å². The lowest BCUT2D eigenvalue weighted by atomic mass is 10.1. The second-order valence-electron chi connectivity index (χ2n) is 5.93. The van der Waals surface area contributed by atoms with Crippen LogP contribution >= 0.6 is 0 Å². The van der Waals surface area contributed by atoms with Crippen LogP contribution in [-0.4, -0.2) is 25.5 Å². The van der Waals surface area contributed by atoms with Gasteiger partial charge in [-0.1, -0.05) is 44.2 Å². The number of carboxylic acid groups (broad SMARTS) is 1. The third-order valence-electron chi connectivity index (χ3n) is 3.60. The summed E-state index contributed by atoms with van der Waals surface area (Å²) in [6, 6.07) is 14.3. The van der Waals surface area contributed by atoms with Gasteiger partial charge in [-0.3, -0.25) is 4.79 Å². The number of rotatable bonds is 8. The Morgan fingerprint density at radius 1 is 1.08 bits per heavy atom. The van der Waals surface area contributed by atoms with E-state index < -0.39 is 22.0 Å². The van der Waals surface area contributed by atoms with E-state index in [2.05, 4.69) is 4.72 Å². The number of carbonyl (C=O) groups is 1. The van der Waals surface area contributed by atoms with Gasteiger partial charge < -0.3 is 9.84 Å². The van der Waals surface area contributed by atoms with Crippen molar-refractivity contribution in [1.82, 2.24) is 4.72 Å². The van der Waals surface area contributed by atoms with Crippen LogP contribution in [0.15, 0.2) is 59.5 Å². The highest BCUT2D eigenvalue weighted by molar-refractivity contribution is 7.89. The average molecular weight is 363 g/mol. The van der Waals surface area contributed by atoms with E-state index in [0.29, 0.717) is 12.4 Å². The van der Waals surface area contributed by atoms with Crippen molar-refractivity contribution in [2.75, 3.05) is 0 Å². The van der Waals surface area contributed by atoms with Crippen LogP contribution < -0.4 is 9.46 Å². The van der Waals surface area contributed by atoms with Crippen LogP contribution in [-0.2, 0) is 21.4 Å². The van der Waals surface area contributed by atoms with Gasteiger partial charge in [-0.15, -0.1) is 0 Å². The molecule has 7 heteroatoms. The molecule has 0 aliphatic carbocycles. The number of carboxylic acids is 1.